The predicted octanol–water partition coefficient (Wildman–Crippen LogP) is 2.90. The van der Waals surface area contributed by atoms with Gasteiger partial charge in [0.05, 0.1) is 6.61 Å². The molecule has 5 nitrogen and oxygen atoms in total. The maximum absolute atomic E-state index is 11.8. The molecule has 2 heterocycles. The fourth-order valence-corrected chi connectivity index (χ4v) is 2.42. The number of rotatable bonds is 4. The Balaban J connectivity index is 1.81. The summed E-state index contributed by atoms with van der Waals surface area (Å²) in [5.74, 6) is 0.943. The van der Waals surface area contributed by atoms with Gasteiger partial charge in [-0.1, -0.05) is 19.4 Å². The minimum atomic E-state index is -0.194. The molecule has 0 unspecified atom stereocenters. The number of piperazine rings is 1. The van der Waals surface area contributed by atoms with E-state index in [1.807, 2.05) is 18.2 Å². The molecule has 0 aliphatic carbocycles. The van der Waals surface area contributed by atoms with Crippen LogP contribution >= 0.6 is 15.9 Å². The molecule has 1 fully saturated rings. The van der Waals surface area contributed by atoms with Crippen LogP contribution in [0.5, 0.6) is 0 Å². The average molecular weight is 342 g/mol. The van der Waals surface area contributed by atoms with Crippen LogP contribution in [0, 0.1) is 0 Å². The number of hydrogen-bond acceptors (Lipinski definition) is 4. The van der Waals surface area contributed by atoms with Crippen molar-refractivity contribution in [3.05, 3.63) is 22.8 Å². The Morgan fingerprint density at radius 2 is 2.10 bits per heavy atom. The van der Waals surface area contributed by atoms with Crippen LogP contribution in [0.4, 0.5) is 10.6 Å². The van der Waals surface area contributed by atoms with Gasteiger partial charge < -0.3 is 14.5 Å². The van der Waals surface area contributed by atoms with Gasteiger partial charge in [0.1, 0.15) is 10.4 Å². The Morgan fingerprint density at radius 3 is 2.75 bits per heavy atom. The summed E-state index contributed by atoms with van der Waals surface area (Å²) in [5.41, 5.74) is 0. The lowest BCUT2D eigenvalue weighted by atomic mass is 10.3. The van der Waals surface area contributed by atoms with E-state index in [9.17, 15) is 4.79 Å². The number of anilines is 1. The molecule has 1 aliphatic rings. The predicted molar refractivity (Wildman–Crippen MR) is 82.0 cm³/mol. The summed E-state index contributed by atoms with van der Waals surface area (Å²) < 4.78 is 6.06. The van der Waals surface area contributed by atoms with Gasteiger partial charge in [0.15, 0.2) is 0 Å². The zero-order valence-corrected chi connectivity index (χ0v) is 13.3. The molecular formula is C14H20BrN3O2. The van der Waals surface area contributed by atoms with Gasteiger partial charge in [0, 0.05) is 26.2 Å². The third-order valence-electron chi connectivity index (χ3n) is 3.29. The van der Waals surface area contributed by atoms with E-state index in [0.717, 1.165) is 36.4 Å². The van der Waals surface area contributed by atoms with Gasteiger partial charge in [-0.3, -0.25) is 0 Å². The second kappa shape index (κ2) is 7.47. The standard InChI is InChI=1S/C14H20BrN3O2/c1-2-3-11-20-14(19)18-9-7-17(8-10-18)13-6-4-5-12(15)16-13/h4-6H,2-3,7-11H2,1H3. The third kappa shape index (κ3) is 4.10. The first kappa shape index (κ1) is 15.1. The average Bonchev–Trinajstić information content (AvgIpc) is 2.47. The van der Waals surface area contributed by atoms with Crippen LogP contribution < -0.4 is 4.90 Å². The van der Waals surface area contributed by atoms with Gasteiger partial charge in [-0.15, -0.1) is 0 Å². The van der Waals surface area contributed by atoms with Crippen molar-refractivity contribution < 1.29 is 9.53 Å². The molecule has 20 heavy (non-hydrogen) atoms. The normalized spacial score (nSPS) is 15.3. The summed E-state index contributed by atoms with van der Waals surface area (Å²) in [4.78, 5) is 20.2. The summed E-state index contributed by atoms with van der Waals surface area (Å²) in [7, 11) is 0. The summed E-state index contributed by atoms with van der Waals surface area (Å²) >= 11 is 3.38. The highest BCUT2D eigenvalue weighted by Crippen LogP contribution is 2.17. The molecule has 0 saturated carbocycles. The van der Waals surface area contributed by atoms with Crippen molar-refractivity contribution in [1.82, 2.24) is 9.88 Å². The van der Waals surface area contributed by atoms with Gasteiger partial charge in [-0.2, -0.15) is 0 Å². The summed E-state index contributed by atoms with van der Waals surface area (Å²) in [6.45, 7) is 5.53. The van der Waals surface area contributed by atoms with Gasteiger partial charge in [-0.05, 0) is 34.5 Å². The van der Waals surface area contributed by atoms with Crippen molar-refractivity contribution in [2.45, 2.75) is 19.8 Å². The summed E-state index contributed by atoms with van der Waals surface area (Å²) in [6.07, 6.45) is 1.77. The number of halogens is 1. The Morgan fingerprint density at radius 1 is 1.35 bits per heavy atom. The second-order valence-corrected chi connectivity index (χ2v) is 5.57. The molecule has 0 radical (unpaired) electrons. The van der Waals surface area contributed by atoms with E-state index in [1.165, 1.54) is 0 Å². The van der Waals surface area contributed by atoms with Crippen molar-refractivity contribution in [2.75, 3.05) is 37.7 Å². The van der Waals surface area contributed by atoms with E-state index >= 15 is 0 Å². The first-order valence-corrected chi connectivity index (χ1v) is 7.79. The maximum Gasteiger partial charge on any atom is 0.409 e. The van der Waals surface area contributed by atoms with E-state index in [2.05, 4.69) is 32.7 Å². The summed E-state index contributed by atoms with van der Waals surface area (Å²) in [5, 5.41) is 0. The number of unbranched alkanes of at least 4 members (excludes halogenated alkanes) is 1. The maximum atomic E-state index is 11.8. The Bertz CT molecular complexity index is 448. The quantitative estimate of drug-likeness (QED) is 0.624. The lowest BCUT2D eigenvalue weighted by Crippen LogP contribution is -2.49. The highest BCUT2D eigenvalue weighted by atomic mass is 79.9. The van der Waals surface area contributed by atoms with Gasteiger partial charge in [-0.25, -0.2) is 9.78 Å². The smallest absolute Gasteiger partial charge is 0.409 e. The van der Waals surface area contributed by atoms with Crippen LogP contribution in [-0.4, -0.2) is 48.8 Å². The minimum absolute atomic E-state index is 0.194. The van der Waals surface area contributed by atoms with Crippen LogP contribution in [0.3, 0.4) is 0 Å². The lowest BCUT2D eigenvalue weighted by Gasteiger charge is -2.34. The fourth-order valence-electron chi connectivity index (χ4n) is 2.09. The highest BCUT2D eigenvalue weighted by Gasteiger charge is 2.22. The SMILES string of the molecule is CCCCOC(=O)N1CCN(c2cccc(Br)n2)CC1. The highest BCUT2D eigenvalue weighted by molar-refractivity contribution is 9.10. The van der Waals surface area contributed by atoms with E-state index in [-0.39, 0.29) is 6.09 Å². The molecule has 6 heteroatoms. The van der Waals surface area contributed by atoms with Crippen LogP contribution in [0.2, 0.25) is 0 Å². The minimum Gasteiger partial charge on any atom is -0.449 e. The van der Waals surface area contributed by atoms with E-state index in [0.29, 0.717) is 19.7 Å². The van der Waals surface area contributed by atoms with Crippen LogP contribution in [-0.2, 0) is 4.74 Å². The Hall–Kier alpha value is -1.30. The van der Waals surface area contributed by atoms with Gasteiger partial charge in [0.25, 0.3) is 0 Å². The largest absolute Gasteiger partial charge is 0.449 e. The molecule has 1 aromatic rings. The first-order valence-electron chi connectivity index (χ1n) is 7.00. The van der Waals surface area contributed by atoms with Gasteiger partial charge >= 0.3 is 6.09 Å². The van der Waals surface area contributed by atoms with Crippen molar-refractivity contribution in [2.24, 2.45) is 0 Å². The molecular weight excluding hydrogens is 322 g/mol. The topological polar surface area (TPSA) is 45.7 Å². The van der Waals surface area contributed by atoms with E-state index < -0.39 is 0 Å². The number of carbonyl (C=O) groups is 1. The molecule has 0 atom stereocenters. The third-order valence-corrected chi connectivity index (χ3v) is 3.73. The number of amides is 1. The number of nitrogens with zero attached hydrogens (tertiary/aromatic N) is 3. The zero-order chi connectivity index (χ0) is 14.4. The molecule has 1 saturated heterocycles. The lowest BCUT2D eigenvalue weighted by molar-refractivity contribution is 0.0989. The van der Waals surface area contributed by atoms with Crippen molar-refractivity contribution >= 4 is 27.8 Å². The van der Waals surface area contributed by atoms with Crippen LogP contribution in [0.15, 0.2) is 22.8 Å². The summed E-state index contributed by atoms with van der Waals surface area (Å²) in [6, 6.07) is 5.86. The fraction of sp³-hybridized carbons (Fsp3) is 0.571. The number of pyridine rings is 1. The van der Waals surface area contributed by atoms with E-state index in [1.54, 1.807) is 4.90 Å². The number of hydrogen-bond donors (Lipinski definition) is 0. The Kier molecular flexibility index (Phi) is 5.64. The monoisotopic (exact) mass is 341 g/mol. The molecule has 0 N–H and O–H groups in total. The molecule has 1 amide bonds. The zero-order valence-electron chi connectivity index (χ0n) is 11.7. The molecule has 110 valence electrons. The number of ether oxygens (including phenoxy) is 1. The number of carbonyl (C=O) groups excluding carboxylic acids is 1. The molecule has 0 aromatic carbocycles. The molecule has 0 bridgehead atoms. The molecule has 2 rings (SSSR count). The first-order chi connectivity index (χ1) is 9.70. The van der Waals surface area contributed by atoms with Crippen molar-refractivity contribution in [3.63, 3.8) is 0 Å². The van der Waals surface area contributed by atoms with Crippen molar-refractivity contribution in [3.8, 4) is 0 Å². The van der Waals surface area contributed by atoms with Gasteiger partial charge in [0.2, 0.25) is 0 Å². The second-order valence-electron chi connectivity index (χ2n) is 4.76. The van der Waals surface area contributed by atoms with Crippen LogP contribution in [0.1, 0.15) is 19.8 Å². The number of aromatic nitrogens is 1. The molecule has 0 spiro atoms. The van der Waals surface area contributed by atoms with Crippen molar-refractivity contribution in [1.29, 1.82) is 0 Å². The Labute approximate surface area is 128 Å². The van der Waals surface area contributed by atoms with E-state index in [4.69, 9.17) is 4.74 Å². The molecule has 1 aliphatic heterocycles. The molecule has 1 aromatic heterocycles. The van der Waals surface area contributed by atoms with Crippen LogP contribution in [0.25, 0.3) is 0 Å².